The first-order chi connectivity index (χ1) is 11.7. The third-order valence-corrected chi connectivity index (χ3v) is 3.39. The quantitative estimate of drug-likeness (QED) is 0.796. The number of pyridine rings is 1. The number of carbonyl (C=O) groups excluding carboxylic acids is 2. The molecule has 0 aliphatic carbocycles. The highest BCUT2D eigenvalue weighted by atomic mass is 16.2. The lowest BCUT2D eigenvalue weighted by Gasteiger charge is -2.20. The maximum absolute atomic E-state index is 12.2. The number of aromatic nitrogens is 1. The van der Waals surface area contributed by atoms with Crippen molar-refractivity contribution < 1.29 is 9.59 Å². The number of rotatable bonds is 4. The average molecular weight is 340 g/mol. The van der Waals surface area contributed by atoms with Crippen molar-refractivity contribution in [2.75, 3.05) is 5.32 Å². The SMILES string of the molecule is C[C@H](NC(=O)Nc1ccnc(C(=O)NC(C)(C)C)c1)c1ccccc1. The van der Waals surface area contributed by atoms with Gasteiger partial charge in [0.15, 0.2) is 0 Å². The van der Waals surface area contributed by atoms with Crippen LogP contribution in [0.3, 0.4) is 0 Å². The molecule has 0 aliphatic rings. The van der Waals surface area contributed by atoms with Crippen LogP contribution in [-0.2, 0) is 0 Å². The summed E-state index contributed by atoms with van der Waals surface area (Å²) < 4.78 is 0. The van der Waals surface area contributed by atoms with Crippen LogP contribution in [0.4, 0.5) is 10.5 Å². The first-order valence-corrected chi connectivity index (χ1v) is 8.15. The van der Waals surface area contributed by atoms with Crippen LogP contribution < -0.4 is 16.0 Å². The Bertz CT molecular complexity index is 739. The molecular weight excluding hydrogens is 316 g/mol. The summed E-state index contributed by atoms with van der Waals surface area (Å²) in [5.41, 5.74) is 1.42. The second-order valence-electron chi connectivity index (χ2n) is 6.86. The van der Waals surface area contributed by atoms with Crippen molar-refractivity contribution >= 4 is 17.6 Å². The Labute approximate surface area is 148 Å². The van der Waals surface area contributed by atoms with Gasteiger partial charge in [0.2, 0.25) is 0 Å². The van der Waals surface area contributed by atoms with Gasteiger partial charge in [-0.2, -0.15) is 0 Å². The summed E-state index contributed by atoms with van der Waals surface area (Å²) in [6.45, 7) is 7.59. The summed E-state index contributed by atoms with van der Waals surface area (Å²) in [7, 11) is 0. The highest BCUT2D eigenvalue weighted by molar-refractivity contribution is 5.95. The Kier molecular flexibility index (Phi) is 5.75. The number of hydrogen-bond donors (Lipinski definition) is 3. The molecule has 1 aromatic heterocycles. The molecule has 1 heterocycles. The van der Waals surface area contributed by atoms with E-state index >= 15 is 0 Å². The lowest BCUT2D eigenvalue weighted by Crippen LogP contribution is -2.41. The summed E-state index contributed by atoms with van der Waals surface area (Å²) in [6.07, 6.45) is 1.49. The van der Waals surface area contributed by atoms with Crippen molar-refractivity contribution in [1.82, 2.24) is 15.6 Å². The van der Waals surface area contributed by atoms with Crippen LogP contribution in [0.1, 0.15) is 49.8 Å². The molecule has 3 amide bonds. The Balaban J connectivity index is 1.99. The third kappa shape index (κ3) is 5.91. The summed E-state index contributed by atoms with van der Waals surface area (Å²) >= 11 is 0. The van der Waals surface area contributed by atoms with E-state index in [0.717, 1.165) is 5.56 Å². The smallest absolute Gasteiger partial charge is 0.319 e. The molecule has 0 saturated carbocycles. The normalized spacial score (nSPS) is 12.2. The molecule has 0 aliphatic heterocycles. The van der Waals surface area contributed by atoms with E-state index in [1.54, 1.807) is 12.1 Å². The lowest BCUT2D eigenvalue weighted by atomic mass is 10.1. The first kappa shape index (κ1) is 18.4. The van der Waals surface area contributed by atoms with Crippen LogP contribution in [0.15, 0.2) is 48.7 Å². The van der Waals surface area contributed by atoms with Crippen LogP contribution in [0.5, 0.6) is 0 Å². The van der Waals surface area contributed by atoms with E-state index in [-0.39, 0.29) is 29.2 Å². The lowest BCUT2D eigenvalue weighted by molar-refractivity contribution is 0.0914. The third-order valence-electron chi connectivity index (χ3n) is 3.39. The molecule has 0 radical (unpaired) electrons. The van der Waals surface area contributed by atoms with Crippen molar-refractivity contribution in [2.45, 2.75) is 39.3 Å². The van der Waals surface area contributed by atoms with Crippen LogP contribution >= 0.6 is 0 Å². The standard InChI is InChI=1S/C19H24N4O2/c1-13(14-8-6-5-7-9-14)21-18(25)22-15-10-11-20-16(12-15)17(24)23-19(2,3)4/h5-13H,1-4H3,(H,23,24)(H2,20,21,22,25)/t13-/m0/s1. The molecule has 2 aromatic rings. The zero-order chi connectivity index (χ0) is 18.4. The summed E-state index contributed by atoms with van der Waals surface area (Å²) in [5, 5.41) is 8.43. The van der Waals surface area contributed by atoms with E-state index in [0.29, 0.717) is 5.69 Å². The van der Waals surface area contributed by atoms with E-state index in [9.17, 15) is 9.59 Å². The van der Waals surface area contributed by atoms with Crippen molar-refractivity contribution in [2.24, 2.45) is 0 Å². The Morgan fingerprint density at radius 3 is 2.40 bits per heavy atom. The van der Waals surface area contributed by atoms with Crippen molar-refractivity contribution in [3.05, 3.63) is 59.9 Å². The molecule has 1 aromatic carbocycles. The van der Waals surface area contributed by atoms with Gasteiger partial charge in [-0.05, 0) is 45.4 Å². The Hall–Kier alpha value is -2.89. The molecule has 1 atom stereocenters. The number of nitrogens with one attached hydrogen (secondary N) is 3. The van der Waals surface area contributed by atoms with E-state index < -0.39 is 0 Å². The second kappa shape index (κ2) is 7.79. The number of nitrogens with zero attached hydrogens (tertiary/aromatic N) is 1. The monoisotopic (exact) mass is 340 g/mol. The molecule has 6 nitrogen and oxygen atoms in total. The number of urea groups is 1. The van der Waals surface area contributed by atoms with Crippen molar-refractivity contribution in [1.29, 1.82) is 0 Å². The molecule has 0 fully saturated rings. The molecule has 6 heteroatoms. The minimum Gasteiger partial charge on any atom is -0.346 e. The van der Waals surface area contributed by atoms with Gasteiger partial charge in [0.05, 0.1) is 6.04 Å². The van der Waals surface area contributed by atoms with E-state index in [1.807, 2.05) is 58.0 Å². The minimum atomic E-state index is -0.356. The minimum absolute atomic E-state index is 0.133. The van der Waals surface area contributed by atoms with Crippen molar-refractivity contribution in [3.63, 3.8) is 0 Å². The van der Waals surface area contributed by atoms with Crippen LogP contribution in [0.2, 0.25) is 0 Å². The fraction of sp³-hybridized carbons (Fsp3) is 0.316. The van der Waals surface area contributed by atoms with E-state index in [2.05, 4.69) is 20.9 Å². The zero-order valence-electron chi connectivity index (χ0n) is 15.0. The van der Waals surface area contributed by atoms with Gasteiger partial charge in [0.1, 0.15) is 5.69 Å². The molecule has 3 N–H and O–H groups in total. The predicted octanol–water partition coefficient (Wildman–Crippen LogP) is 3.49. The Morgan fingerprint density at radius 1 is 1.08 bits per heavy atom. The van der Waals surface area contributed by atoms with Gasteiger partial charge in [-0.25, -0.2) is 4.79 Å². The molecule has 0 unspecified atom stereocenters. The van der Waals surface area contributed by atoms with Gasteiger partial charge in [-0.15, -0.1) is 0 Å². The topological polar surface area (TPSA) is 83.1 Å². The average Bonchev–Trinajstić information content (AvgIpc) is 2.54. The van der Waals surface area contributed by atoms with Gasteiger partial charge in [0, 0.05) is 17.4 Å². The fourth-order valence-electron chi connectivity index (χ4n) is 2.23. The van der Waals surface area contributed by atoms with Gasteiger partial charge < -0.3 is 16.0 Å². The van der Waals surface area contributed by atoms with Crippen LogP contribution in [-0.4, -0.2) is 22.5 Å². The van der Waals surface area contributed by atoms with Gasteiger partial charge >= 0.3 is 6.03 Å². The molecule has 2 rings (SSSR count). The number of hydrogen-bond acceptors (Lipinski definition) is 3. The van der Waals surface area contributed by atoms with E-state index in [4.69, 9.17) is 0 Å². The van der Waals surface area contributed by atoms with Crippen LogP contribution in [0, 0.1) is 0 Å². The fourth-order valence-corrected chi connectivity index (χ4v) is 2.23. The number of anilines is 1. The van der Waals surface area contributed by atoms with Crippen molar-refractivity contribution in [3.8, 4) is 0 Å². The zero-order valence-corrected chi connectivity index (χ0v) is 15.0. The molecule has 25 heavy (non-hydrogen) atoms. The maximum atomic E-state index is 12.2. The number of amides is 3. The maximum Gasteiger partial charge on any atom is 0.319 e. The summed E-state index contributed by atoms with van der Waals surface area (Å²) in [4.78, 5) is 28.4. The summed E-state index contributed by atoms with van der Waals surface area (Å²) in [5.74, 6) is -0.283. The molecule has 0 bridgehead atoms. The van der Waals surface area contributed by atoms with Gasteiger partial charge in [-0.3, -0.25) is 9.78 Å². The highest BCUT2D eigenvalue weighted by Crippen LogP contribution is 2.13. The first-order valence-electron chi connectivity index (χ1n) is 8.15. The molecule has 0 saturated heterocycles. The number of benzene rings is 1. The summed E-state index contributed by atoms with van der Waals surface area (Å²) in [6, 6.07) is 12.4. The largest absolute Gasteiger partial charge is 0.346 e. The van der Waals surface area contributed by atoms with Gasteiger partial charge in [0.25, 0.3) is 5.91 Å². The Morgan fingerprint density at radius 2 is 1.76 bits per heavy atom. The van der Waals surface area contributed by atoms with Gasteiger partial charge in [-0.1, -0.05) is 30.3 Å². The van der Waals surface area contributed by atoms with E-state index in [1.165, 1.54) is 6.20 Å². The molecule has 132 valence electrons. The highest BCUT2D eigenvalue weighted by Gasteiger charge is 2.17. The number of carbonyl (C=O) groups is 2. The molecular formula is C19H24N4O2. The van der Waals surface area contributed by atoms with Crippen LogP contribution in [0.25, 0.3) is 0 Å². The predicted molar refractivity (Wildman–Crippen MR) is 98.5 cm³/mol. The molecule has 0 spiro atoms. The second-order valence-corrected chi connectivity index (χ2v) is 6.86.